The van der Waals surface area contributed by atoms with Crippen molar-refractivity contribution < 1.29 is 14.7 Å². The van der Waals surface area contributed by atoms with Crippen LogP contribution in [0.15, 0.2) is 30.3 Å². The van der Waals surface area contributed by atoms with E-state index in [9.17, 15) is 9.59 Å². The average molecular weight is 236 g/mol. The van der Waals surface area contributed by atoms with Gasteiger partial charge in [0.2, 0.25) is 5.91 Å². The summed E-state index contributed by atoms with van der Waals surface area (Å²) in [5.41, 5.74) is 6.70. The SMILES string of the molecule is CN(CC(=O)O)C(=O)[C@@H](N)Cc1ccccc1. The normalized spacial score (nSPS) is 11.9. The second-order valence-corrected chi connectivity index (χ2v) is 3.88. The number of carbonyl (C=O) groups excluding carboxylic acids is 1. The molecule has 3 N–H and O–H groups in total. The van der Waals surface area contributed by atoms with Crippen LogP contribution in [0.4, 0.5) is 0 Å². The number of nitrogens with zero attached hydrogens (tertiary/aromatic N) is 1. The van der Waals surface area contributed by atoms with Gasteiger partial charge in [-0.3, -0.25) is 9.59 Å². The number of likely N-dealkylation sites (N-methyl/N-ethyl adjacent to an activating group) is 1. The zero-order valence-corrected chi connectivity index (χ0v) is 9.67. The Hall–Kier alpha value is -1.88. The maximum absolute atomic E-state index is 11.7. The molecule has 1 aromatic carbocycles. The number of hydrogen-bond acceptors (Lipinski definition) is 3. The number of carboxylic acid groups (broad SMARTS) is 1. The van der Waals surface area contributed by atoms with Crippen LogP contribution in [0.25, 0.3) is 0 Å². The summed E-state index contributed by atoms with van der Waals surface area (Å²) in [5, 5.41) is 8.57. The first-order valence-corrected chi connectivity index (χ1v) is 5.27. The molecule has 0 saturated heterocycles. The van der Waals surface area contributed by atoms with E-state index in [1.54, 1.807) is 0 Å². The lowest BCUT2D eigenvalue weighted by atomic mass is 10.1. The Morgan fingerprint density at radius 2 is 1.94 bits per heavy atom. The third-order valence-electron chi connectivity index (χ3n) is 2.36. The molecule has 1 rings (SSSR count). The van der Waals surface area contributed by atoms with Crippen LogP contribution in [0.2, 0.25) is 0 Å². The van der Waals surface area contributed by atoms with E-state index in [1.807, 2.05) is 30.3 Å². The van der Waals surface area contributed by atoms with Gasteiger partial charge >= 0.3 is 5.97 Å². The summed E-state index contributed by atoms with van der Waals surface area (Å²) in [5.74, 6) is -1.41. The zero-order valence-electron chi connectivity index (χ0n) is 9.67. The molecule has 5 heteroatoms. The smallest absolute Gasteiger partial charge is 0.323 e. The maximum atomic E-state index is 11.7. The molecule has 0 aliphatic carbocycles. The van der Waals surface area contributed by atoms with Crippen molar-refractivity contribution in [3.8, 4) is 0 Å². The molecule has 5 nitrogen and oxygen atoms in total. The Morgan fingerprint density at radius 3 is 2.47 bits per heavy atom. The highest BCUT2D eigenvalue weighted by atomic mass is 16.4. The quantitative estimate of drug-likeness (QED) is 0.759. The van der Waals surface area contributed by atoms with Crippen LogP contribution in [0.3, 0.4) is 0 Å². The molecule has 0 aromatic heterocycles. The Bertz CT molecular complexity index is 392. The van der Waals surface area contributed by atoms with Crippen molar-refractivity contribution in [3.63, 3.8) is 0 Å². The van der Waals surface area contributed by atoms with Crippen molar-refractivity contribution >= 4 is 11.9 Å². The first-order chi connectivity index (χ1) is 8.00. The van der Waals surface area contributed by atoms with Gasteiger partial charge in [-0.1, -0.05) is 30.3 Å². The molecule has 0 fully saturated rings. The number of hydrogen-bond donors (Lipinski definition) is 2. The number of carbonyl (C=O) groups is 2. The summed E-state index contributed by atoms with van der Waals surface area (Å²) in [7, 11) is 1.43. The highest BCUT2D eigenvalue weighted by Gasteiger charge is 2.19. The highest BCUT2D eigenvalue weighted by Crippen LogP contribution is 2.03. The van der Waals surface area contributed by atoms with Gasteiger partial charge in [0.1, 0.15) is 6.54 Å². The van der Waals surface area contributed by atoms with Gasteiger partial charge in [-0.2, -0.15) is 0 Å². The van der Waals surface area contributed by atoms with E-state index in [4.69, 9.17) is 10.8 Å². The molecule has 1 amide bonds. The largest absolute Gasteiger partial charge is 0.480 e. The zero-order chi connectivity index (χ0) is 12.8. The van der Waals surface area contributed by atoms with Crippen molar-refractivity contribution in [2.75, 3.05) is 13.6 Å². The lowest BCUT2D eigenvalue weighted by Gasteiger charge is -2.19. The lowest BCUT2D eigenvalue weighted by Crippen LogP contribution is -2.44. The fraction of sp³-hybridized carbons (Fsp3) is 0.333. The number of carboxylic acids is 1. The third kappa shape index (κ3) is 4.24. The molecular weight excluding hydrogens is 220 g/mol. The van der Waals surface area contributed by atoms with Crippen LogP contribution in [-0.4, -0.2) is 41.5 Å². The summed E-state index contributed by atoms with van der Waals surface area (Å²) in [6.45, 7) is -0.332. The van der Waals surface area contributed by atoms with E-state index in [0.717, 1.165) is 10.5 Å². The Morgan fingerprint density at radius 1 is 1.35 bits per heavy atom. The predicted molar refractivity (Wildman–Crippen MR) is 63.4 cm³/mol. The minimum absolute atomic E-state index is 0.332. The van der Waals surface area contributed by atoms with E-state index < -0.39 is 12.0 Å². The molecule has 0 radical (unpaired) electrons. The summed E-state index contributed by atoms with van der Waals surface area (Å²) in [4.78, 5) is 23.3. The van der Waals surface area contributed by atoms with Crippen LogP contribution in [0.1, 0.15) is 5.56 Å². The van der Waals surface area contributed by atoms with Gasteiger partial charge in [0.25, 0.3) is 0 Å². The number of rotatable bonds is 5. The lowest BCUT2D eigenvalue weighted by molar-refractivity contribution is -0.143. The number of benzene rings is 1. The van der Waals surface area contributed by atoms with Crippen molar-refractivity contribution in [1.82, 2.24) is 4.90 Å². The molecule has 0 spiro atoms. The number of amides is 1. The fourth-order valence-corrected chi connectivity index (χ4v) is 1.52. The average Bonchev–Trinajstić information content (AvgIpc) is 2.28. The second-order valence-electron chi connectivity index (χ2n) is 3.88. The van der Waals surface area contributed by atoms with E-state index in [1.165, 1.54) is 7.05 Å². The van der Waals surface area contributed by atoms with Crippen LogP contribution in [-0.2, 0) is 16.0 Å². The van der Waals surface area contributed by atoms with Crippen LogP contribution in [0, 0.1) is 0 Å². The summed E-state index contributed by atoms with van der Waals surface area (Å²) < 4.78 is 0. The molecule has 0 saturated carbocycles. The predicted octanol–water partition coefficient (Wildman–Crippen LogP) is 0.0994. The van der Waals surface area contributed by atoms with Gasteiger partial charge in [-0.15, -0.1) is 0 Å². The molecule has 1 aromatic rings. The number of aliphatic carboxylic acids is 1. The van der Waals surface area contributed by atoms with Crippen molar-refractivity contribution in [1.29, 1.82) is 0 Å². The van der Waals surface area contributed by atoms with E-state index >= 15 is 0 Å². The summed E-state index contributed by atoms with van der Waals surface area (Å²) in [6, 6.07) is 8.67. The van der Waals surface area contributed by atoms with Gasteiger partial charge in [-0.05, 0) is 12.0 Å². The molecule has 1 atom stereocenters. The summed E-state index contributed by atoms with van der Waals surface area (Å²) in [6.07, 6.45) is 0.406. The fourth-order valence-electron chi connectivity index (χ4n) is 1.52. The van der Waals surface area contributed by atoms with E-state index in [2.05, 4.69) is 0 Å². The molecule has 0 unspecified atom stereocenters. The Balaban J connectivity index is 2.55. The standard InChI is InChI=1S/C12H16N2O3/c1-14(8-11(15)16)12(17)10(13)7-9-5-3-2-4-6-9/h2-6,10H,7-8,13H2,1H3,(H,15,16)/t10-/m0/s1. The molecule has 0 bridgehead atoms. The van der Waals surface area contributed by atoms with Gasteiger partial charge in [0, 0.05) is 7.05 Å². The maximum Gasteiger partial charge on any atom is 0.323 e. The minimum Gasteiger partial charge on any atom is -0.480 e. The Labute approximate surface area is 99.8 Å². The van der Waals surface area contributed by atoms with Crippen molar-refractivity contribution in [2.24, 2.45) is 5.73 Å². The molecule has 0 aliphatic rings. The molecule has 17 heavy (non-hydrogen) atoms. The van der Waals surface area contributed by atoms with Crippen molar-refractivity contribution in [3.05, 3.63) is 35.9 Å². The Kier molecular flexibility index (Phi) is 4.66. The minimum atomic E-state index is -1.05. The van der Waals surface area contributed by atoms with Gasteiger partial charge in [0.05, 0.1) is 6.04 Å². The van der Waals surface area contributed by atoms with E-state index in [0.29, 0.717) is 6.42 Å². The summed E-state index contributed by atoms with van der Waals surface area (Å²) >= 11 is 0. The van der Waals surface area contributed by atoms with Gasteiger partial charge < -0.3 is 15.7 Å². The molecule has 0 aliphatic heterocycles. The van der Waals surface area contributed by atoms with Crippen LogP contribution < -0.4 is 5.73 Å². The van der Waals surface area contributed by atoms with E-state index in [-0.39, 0.29) is 12.5 Å². The van der Waals surface area contributed by atoms with Gasteiger partial charge in [-0.25, -0.2) is 0 Å². The molecule has 0 heterocycles. The second kappa shape index (κ2) is 6.00. The number of nitrogens with two attached hydrogens (primary N) is 1. The highest BCUT2D eigenvalue weighted by molar-refractivity contribution is 5.85. The topological polar surface area (TPSA) is 83.6 Å². The van der Waals surface area contributed by atoms with Crippen LogP contribution >= 0.6 is 0 Å². The van der Waals surface area contributed by atoms with Crippen LogP contribution in [0.5, 0.6) is 0 Å². The monoisotopic (exact) mass is 236 g/mol. The third-order valence-corrected chi connectivity index (χ3v) is 2.36. The first kappa shape index (κ1) is 13.2. The molecular formula is C12H16N2O3. The first-order valence-electron chi connectivity index (χ1n) is 5.27. The van der Waals surface area contributed by atoms with Gasteiger partial charge in [0.15, 0.2) is 0 Å². The molecule has 92 valence electrons. The van der Waals surface area contributed by atoms with Crippen molar-refractivity contribution in [2.45, 2.75) is 12.5 Å².